The molecule has 122 valence electrons. The van der Waals surface area contributed by atoms with Crippen molar-refractivity contribution in [3.8, 4) is 0 Å². The Morgan fingerprint density at radius 1 is 1.09 bits per heavy atom. The largest absolute Gasteiger partial charge is 0.394 e. The first-order chi connectivity index (χ1) is 11.1. The maximum atomic E-state index is 12.7. The molecule has 0 radical (unpaired) electrons. The molecule has 0 spiro atoms. The van der Waals surface area contributed by atoms with E-state index < -0.39 is 5.60 Å². The van der Waals surface area contributed by atoms with Crippen LogP contribution in [0.25, 0.3) is 0 Å². The summed E-state index contributed by atoms with van der Waals surface area (Å²) in [6.45, 7) is 3.76. The highest BCUT2D eigenvalue weighted by molar-refractivity contribution is 7.99. The average Bonchev–Trinajstić information content (AvgIpc) is 2.60. The average molecular weight is 330 g/mol. The monoisotopic (exact) mass is 330 g/mol. The van der Waals surface area contributed by atoms with E-state index in [0.717, 1.165) is 9.79 Å². The van der Waals surface area contributed by atoms with Crippen molar-refractivity contribution in [1.29, 1.82) is 0 Å². The molecule has 0 saturated carbocycles. The van der Waals surface area contributed by atoms with Gasteiger partial charge in [0.05, 0.1) is 13.2 Å². The summed E-state index contributed by atoms with van der Waals surface area (Å²) in [4.78, 5) is 14.9. The van der Waals surface area contributed by atoms with Gasteiger partial charge in [-0.05, 0) is 37.6 Å². The molecule has 2 aromatic carbocycles. The number of ketones is 1. The number of hydrogen-bond acceptors (Lipinski definition) is 4. The van der Waals surface area contributed by atoms with Crippen LogP contribution in [0.5, 0.6) is 0 Å². The summed E-state index contributed by atoms with van der Waals surface area (Å²) in [5.41, 5.74) is -0.263. The van der Waals surface area contributed by atoms with Crippen molar-refractivity contribution in [3.63, 3.8) is 0 Å². The third-order valence-electron chi connectivity index (χ3n) is 3.76. The first kappa shape index (κ1) is 17.7. The lowest BCUT2D eigenvalue weighted by molar-refractivity contribution is -0.0294. The molecule has 0 bridgehead atoms. The van der Waals surface area contributed by atoms with Gasteiger partial charge in [0.25, 0.3) is 0 Å². The SMILES string of the molecule is CCC(C)(OCCO)C(=O)c1ccc(Sc2ccccc2)cc1. The molecule has 0 amide bonds. The van der Waals surface area contributed by atoms with Gasteiger partial charge >= 0.3 is 0 Å². The molecule has 2 rings (SSSR count). The normalized spacial score (nSPS) is 13.5. The van der Waals surface area contributed by atoms with E-state index in [4.69, 9.17) is 9.84 Å². The molecule has 2 aromatic rings. The number of ether oxygens (including phenoxy) is 1. The number of Topliss-reactive ketones (excluding diaryl/α,β-unsaturated/α-hetero) is 1. The second kappa shape index (κ2) is 8.29. The van der Waals surface area contributed by atoms with E-state index in [1.807, 2.05) is 49.4 Å². The van der Waals surface area contributed by atoms with Crippen LogP contribution >= 0.6 is 11.8 Å². The van der Waals surface area contributed by atoms with E-state index in [9.17, 15) is 4.79 Å². The zero-order valence-electron chi connectivity index (χ0n) is 13.5. The number of carbonyl (C=O) groups excluding carboxylic acids is 1. The molecular formula is C19H22O3S. The number of rotatable bonds is 8. The molecule has 1 N–H and O–H groups in total. The fourth-order valence-corrected chi connectivity index (χ4v) is 3.04. The van der Waals surface area contributed by atoms with Crippen LogP contribution in [-0.4, -0.2) is 29.7 Å². The summed E-state index contributed by atoms with van der Waals surface area (Å²) in [6.07, 6.45) is 0.562. The molecular weight excluding hydrogens is 308 g/mol. The summed E-state index contributed by atoms with van der Waals surface area (Å²) >= 11 is 1.66. The van der Waals surface area contributed by atoms with Crippen LogP contribution in [-0.2, 0) is 4.74 Å². The Balaban J connectivity index is 2.10. The Kier molecular flexibility index (Phi) is 6.39. The van der Waals surface area contributed by atoms with Crippen LogP contribution in [0.15, 0.2) is 64.4 Å². The van der Waals surface area contributed by atoms with E-state index >= 15 is 0 Å². The van der Waals surface area contributed by atoms with Crippen LogP contribution in [0.1, 0.15) is 30.6 Å². The minimum Gasteiger partial charge on any atom is -0.394 e. The Bertz CT molecular complexity index is 625. The van der Waals surface area contributed by atoms with Gasteiger partial charge in [-0.3, -0.25) is 4.79 Å². The lowest BCUT2D eigenvalue weighted by atomic mass is 9.92. The maximum Gasteiger partial charge on any atom is 0.194 e. The summed E-state index contributed by atoms with van der Waals surface area (Å²) in [5, 5.41) is 8.91. The van der Waals surface area contributed by atoms with Crippen molar-refractivity contribution in [2.75, 3.05) is 13.2 Å². The van der Waals surface area contributed by atoms with Crippen molar-refractivity contribution in [2.24, 2.45) is 0 Å². The number of aliphatic hydroxyl groups is 1. The lowest BCUT2D eigenvalue weighted by Gasteiger charge is -2.27. The highest BCUT2D eigenvalue weighted by atomic mass is 32.2. The highest BCUT2D eigenvalue weighted by Crippen LogP contribution is 2.28. The Hall–Kier alpha value is -1.62. The smallest absolute Gasteiger partial charge is 0.194 e. The summed E-state index contributed by atoms with van der Waals surface area (Å²) in [7, 11) is 0. The summed E-state index contributed by atoms with van der Waals surface area (Å²) in [6, 6.07) is 17.7. The molecule has 0 aliphatic carbocycles. The van der Waals surface area contributed by atoms with Gasteiger partial charge in [0.15, 0.2) is 5.78 Å². The van der Waals surface area contributed by atoms with E-state index in [1.165, 1.54) is 0 Å². The van der Waals surface area contributed by atoms with Crippen molar-refractivity contribution in [3.05, 3.63) is 60.2 Å². The minimum absolute atomic E-state index is 0.0512. The second-order valence-corrected chi connectivity index (χ2v) is 6.57. The Morgan fingerprint density at radius 3 is 2.26 bits per heavy atom. The molecule has 3 nitrogen and oxygen atoms in total. The van der Waals surface area contributed by atoms with Crippen molar-refractivity contribution < 1.29 is 14.6 Å². The zero-order valence-corrected chi connectivity index (χ0v) is 14.3. The van der Waals surface area contributed by atoms with Crippen LogP contribution in [0, 0.1) is 0 Å². The molecule has 1 atom stereocenters. The number of benzene rings is 2. The molecule has 0 aliphatic rings. The molecule has 0 heterocycles. The van der Waals surface area contributed by atoms with Gasteiger partial charge in [-0.25, -0.2) is 0 Å². The molecule has 0 aromatic heterocycles. The predicted molar refractivity (Wildman–Crippen MR) is 93.1 cm³/mol. The molecule has 0 saturated heterocycles. The lowest BCUT2D eigenvalue weighted by Crippen LogP contribution is -2.38. The number of carbonyl (C=O) groups is 1. The Morgan fingerprint density at radius 2 is 1.70 bits per heavy atom. The van der Waals surface area contributed by atoms with Gasteiger partial charge in [0.1, 0.15) is 5.60 Å². The molecule has 4 heteroatoms. The maximum absolute atomic E-state index is 12.7. The molecule has 23 heavy (non-hydrogen) atoms. The van der Waals surface area contributed by atoms with Gasteiger partial charge in [-0.2, -0.15) is 0 Å². The zero-order chi connectivity index (χ0) is 16.7. The van der Waals surface area contributed by atoms with Gasteiger partial charge in [-0.15, -0.1) is 0 Å². The molecule has 1 unspecified atom stereocenters. The second-order valence-electron chi connectivity index (χ2n) is 5.43. The van der Waals surface area contributed by atoms with Crippen molar-refractivity contribution >= 4 is 17.5 Å². The van der Waals surface area contributed by atoms with Crippen LogP contribution in [0.4, 0.5) is 0 Å². The van der Waals surface area contributed by atoms with E-state index in [-0.39, 0.29) is 19.0 Å². The fraction of sp³-hybridized carbons (Fsp3) is 0.316. The van der Waals surface area contributed by atoms with E-state index in [2.05, 4.69) is 12.1 Å². The van der Waals surface area contributed by atoms with Crippen LogP contribution < -0.4 is 0 Å². The fourth-order valence-electron chi connectivity index (χ4n) is 2.20. The quantitative estimate of drug-likeness (QED) is 0.737. The highest BCUT2D eigenvalue weighted by Gasteiger charge is 2.32. The van der Waals surface area contributed by atoms with Crippen molar-refractivity contribution in [1.82, 2.24) is 0 Å². The van der Waals surface area contributed by atoms with E-state index in [1.54, 1.807) is 18.7 Å². The minimum atomic E-state index is -0.892. The van der Waals surface area contributed by atoms with Gasteiger partial charge < -0.3 is 9.84 Å². The van der Waals surface area contributed by atoms with Gasteiger partial charge in [0, 0.05) is 15.4 Å². The van der Waals surface area contributed by atoms with Crippen molar-refractivity contribution in [2.45, 2.75) is 35.7 Å². The first-order valence-corrected chi connectivity index (χ1v) is 8.53. The van der Waals surface area contributed by atoms with Crippen LogP contribution in [0.2, 0.25) is 0 Å². The first-order valence-electron chi connectivity index (χ1n) is 7.71. The van der Waals surface area contributed by atoms with E-state index in [0.29, 0.717) is 12.0 Å². The summed E-state index contributed by atoms with van der Waals surface area (Å²) < 4.78 is 5.57. The number of hydrogen-bond donors (Lipinski definition) is 1. The van der Waals surface area contributed by atoms with Gasteiger partial charge in [-0.1, -0.05) is 49.0 Å². The van der Waals surface area contributed by atoms with Crippen LogP contribution in [0.3, 0.4) is 0 Å². The topological polar surface area (TPSA) is 46.5 Å². The third kappa shape index (κ3) is 4.67. The standard InChI is InChI=1S/C19H22O3S/c1-3-19(2,22-14-13-20)18(21)15-9-11-17(12-10-15)23-16-7-5-4-6-8-16/h4-12,20H,3,13-14H2,1-2H3. The molecule has 0 fully saturated rings. The molecule has 0 aliphatic heterocycles. The Labute approximate surface area is 141 Å². The summed E-state index contributed by atoms with van der Waals surface area (Å²) in [5.74, 6) is -0.0512. The number of aliphatic hydroxyl groups excluding tert-OH is 1. The van der Waals surface area contributed by atoms with Gasteiger partial charge in [0.2, 0.25) is 0 Å². The predicted octanol–water partition coefficient (Wildman–Crippen LogP) is 4.20. The third-order valence-corrected chi connectivity index (χ3v) is 4.78.